The minimum absolute atomic E-state index is 0.919. The van der Waals surface area contributed by atoms with Crippen molar-refractivity contribution in [3.05, 3.63) is 71.8 Å². The Hall–Kier alpha value is -2.75. The van der Waals surface area contributed by atoms with E-state index in [2.05, 4.69) is 69.7 Å². The van der Waals surface area contributed by atoms with Crippen molar-refractivity contribution < 1.29 is 0 Å². The summed E-state index contributed by atoms with van der Waals surface area (Å²) in [6, 6.07) is 12.9. The molecule has 1 aliphatic heterocycles. The van der Waals surface area contributed by atoms with Crippen molar-refractivity contribution in [1.29, 1.82) is 0 Å². The molecule has 0 saturated heterocycles. The van der Waals surface area contributed by atoms with Gasteiger partial charge in [0.1, 0.15) is 0 Å². The van der Waals surface area contributed by atoms with Crippen LogP contribution in [-0.4, -0.2) is 27.1 Å². The van der Waals surface area contributed by atoms with E-state index < -0.39 is 0 Å². The van der Waals surface area contributed by atoms with E-state index in [0.29, 0.717) is 0 Å². The Morgan fingerprint density at radius 3 is 2.83 bits per heavy atom. The topological polar surface area (TPSA) is 47.7 Å². The fourth-order valence-corrected chi connectivity index (χ4v) is 3.22. The zero-order valence-corrected chi connectivity index (χ0v) is 13.2. The smallest absolute Gasteiger partial charge is 0.0580 e. The minimum atomic E-state index is 0.919. The van der Waals surface area contributed by atoms with E-state index in [4.69, 9.17) is 0 Å². The van der Waals surface area contributed by atoms with Crippen molar-refractivity contribution in [2.24, 2.45) is 0 Å². The number of nitrogens with zero attached hydrogens (tertiary/aromatic N) is 2. The van der Waals surface area contributed by atoms with Crippen LogP contribution in [0.2, 0.25) is 0 Å². The van der Waals surface area contributed by atoms with Gasteiger partial charge in [-0.3, -0.25) is 5.10 Å². The molecule has 0 fully saturated rings. The third-order valence-electron chi connectivity index (χ3n) is 4.36. The van der Waals surface area contributed by atoms with Crippen molar-refractivity contribution >= 4 is 5.57 Å². The van der Waals surface area contributed by atoms with Crippen LogP contribution in [0.1, 0.15) is 23.2 Å². The van der Waals surface area contributed by atoms with Gasteiger partial charge in [0.2, 0.25) is 0 Å². The van der Waals surface area contributed by atoms with Crippen LogP contribution in [0.5, 0.6) is 0 Å². The van der Waals surface area contributed by atoms with Crippen LogP contribution in [0.15, 0.2) is 55.0 Å². The van der Waals surface area contributed by atoms with E-state index in [1.54, 1.807) is 0 Å². The largest absolute Gasteiger partial charge is 0.374 e. The number of rotatable bonds is 4. The van der Waals surface area contributed by atoms with Gasteiger partial charge in [-0.05, 0) is 30.0 Å². The monoisotopic (exact) mass is 304 g/mol. The molecule has 1 aromatic carbocycles. The first kappa shape index (κ1) is 13.9. The van der Waals surface area contributed by atoms with Crippen molar-refractivity contribution in [3.63, 3.8) is 0 Å². The minimum Gasteiger partial charge on any atom is -0.374 e. The molecule has 116 valence electrons. The van der Waals surface area contributed by atoms with Crippen molar-refractivity contribution in [1.82, 2.24) is 20.1 Å². The Morgan fingerprint density at radius 1 is 1.17 bits per heavy atom. The molecule has 4 rings (SSSR count). The number of aromatic nitrogens is 3. The molecule has 0 spiro atoms. The Morgan fingerprint density at radius 2 is 2.04 bits per heavy atom. The maximum Gasteiger partial charge on any atom is 0.0580 e. The highest BCUT2D eigenvalue weighted by molar-refractivity contribution is 5.74. The highest BCUT2D eigenvalue weighted by Gasteiger charge is 2.19. The summed E-state index contributed by atoms with van der Waals surface area (Å²) in [5.74, 6) is 0. The number of aromatic amines is 2. The van der Waals surface area contributed by atoms with E-state index in [0.717, 1.165) is 30.6 Å². The Kier molecular flexibility index (Phi) is 3.50. The first-order valence-electron chi connectivity index (χ1n) is 7.96. The van der Waals surface area contributed by atoms with Crippen molar-refractivity contribution in [2.75, 3.05) is 7.05 Å². The second-order valence-electron chi connectivity index (χ2n) is 6.12. The van der Waals surface area contributed by atoms with Gasteiger partial charge >= 0.3 is 0 Å². The van der Waals surface area contributed by atoms with E-state index in [1.807, 2.05) is 12.4 Å². The fourth-order valence-electron chi connectivity index (χ4n) is 3.22. The summed E-state index contributed by atoms with van der Waals surface area (Å²) >= 11 is 0. The van der Waals surface area contributed by atoms with Crippen LogP contribution in [0.25, 0.3) is 16.8 Å². The van der Waals surface area contributed by atoms with Gasteiger partial charge < -0.3 is 9.88 Å². The predicted molar refractivity (Wildman–Crippen MR) is 92.6 cm³/mol. The normalized spacial score (nSPS) is 13.8. The highest BCUT2D eigenvalue weighted by atomic mass is 15.1. The van der Waals surface area contributed by atoms with Gasteiger partial charge in [0, 0.05) is 42.0 Å². The van der Waals surface area contributed by atoms with E-state index >= 15 is 0 Å². The van der Waals surface area contributed by atoms with Crippen LogP contribution in [0.4, 0.5) is 0 Å². The SMILES string of the molecule is CN1C=C(CCc2ccccc2)c2cc(-c3cn[nH]c3)[nH]c2C1. The summed E-state index contributed by atoms with van der Waals surface area (Å²) in [6.07, 6.45) is 8.16. The Balaban J connectivity index is 1.60. The molecule has 0 unspecified atom stereocenters. The zero-order chi connectivity index (χ0) is 15.6. The molecule has 0 amide bonds. The molecule has 3 aromatic rings. The van der Waals surface area contributed by atoms with E-state index in [9.17, 15) is 0 Å². The second-order valence-corrected chi connectivity index (χ2v) is 6.12. The van der Waals surface area contributed by atoms with Gasteiger partial charge in [-0.2, -0.15) is 5.10 Å². The summed E-state index contributed by atoms with van der Waals surface area (Å²) in [5, 5.41) is 6.92. The standard InChI is InChI=1S/C19H20N4/c1-23-12-15(8-7-14-5-3-2-4-6-14)17-9-18(22-19(17)13-23)16-10-20-21-11-16/h2-6,9-12,22H,7-8,13H2,1H3,(H,20,21). The van der Waals surface area contributed by atoms with Crippen molar-refractivity contribution in [2.45, 2.75) is 19.4 Å². The van der Waals surface area contributed by atoms with E-state index in [-0.39, 0.29) is 0 Å². The van der Waals surface area contributed by atoms with Gasteiger partial charge in [-0.25, -0.2) is 0 Å². The van der Waals surface area contributed by atoms with Gasteiger partial charge in [-0.15, -0.1) is 0 Å². The lowest BCUT2D eigenvalue weighted by molar-refractivity contribution is 0.438. The summed E-state index contributed by atoms with van der Waals surface area (Å²) in [5.41, 5.74) is 7.64. The number of nitrogens with one attached hydrogen (secondary N) is 2. The lowest BCUT2D eigenvalue weighted by Crippen LogP contribution is -2.16. The second kappa shape index (κ2) is 5.80. The van der Waals surface area contributed by atoms with Crippen molar-refractivity contribution in [3.8, 4) is 11.3 Å². The molecule has 4 nitrogen and oxygen atoms in total. The molecule has 2 N–H and O–H groups in total. The molecule has 3 heterocycles. The number of fused-ring (bicyclic) bond motifs is 1. The third kappa shape index (κ3) is 2.80. The zero-order valence-electron chi connectivity index (χ0n) is 13.2. The highest BCUT2D eigenvalue weighted by Crippen LogP contribution is 2.33. The number of hydrogen-bond acceptors (Lipinski definition) is 2. The average molecular weight is 304 g/mol. The number of aryl methyl sites for hydroxylation is 1. The molecule has 23 heavy (non-hydrogen) atoms. The lowest BCUT2D eigenvalue weighted by atomic mass is 9.96. The molecular formula is C19H20N4. The van der Waals surface area contributed by atoms with Crippen LogP contribution in [0, 0.1) is 0 Å². The lowest BCUT2D eigenvalue weighted by Gasteiger charge is -2.23. The van der Waals surface area contributed by atoms with Crippen LogP contribution in [0.3, 0.4) is 0 Å². The van der Waals surface area contributed by atoms with Gasteiger partial charge in [0.05, 0.1) is 12.7 Å². The first-order chi connectivity index (χ1) is 11.3. The summed E-state index contributed by atoms with van der Waals surface area (Å²) in [6.45, 7) is 0.919. The molecule has 4 heteroatoms. The summed E-state index contributed by atoms with van der Waals surface area (Å²) < 4.78 is 0. The molecule has 1 aliphatic rings. The molecule has 0 radical (unpaired) electrons. The molecule has 0 bridgehead atoms. The summed E-state index contributed by atoms with van der Waals surface area (Å²) in [7, 11) is 2.13. The predicted octanol–water partition coefficient (Wildman–Crippen LogP) is 3.82. The van der Waals surface area contributed by atoms with Crippen LogP contribution < -0.4 is 0 Å². The maximum atomic E-state index is 4.04. The molecule has 0 saturated carbocycles. The molecular weight excluding hydrogens is 284 g/mol. The number of hydrogen-bond donors (Lipinski definition) is 2. The quantitative estimate of drug-likeness (QED) is 0.769. The summed E-state index contributed by atoms with van der Waals surface area (Å²) in [4.78, 5) is 5.80. The molecule has 2 aromatic heterocycles. The number of H-pyrrole nitrogens is 2. The van der Waals surface area contributed by atoms with Crippen LogP contribution in [-0.2, 0) is 13.0 Å². The number of benzene rings is 1. The maximum absolute atomic E-state index is 4.04. The van der Waals surface area contributed by atoms with E-state index in [1.165, 1.54) is 22.4 Å². The third-order valence-corrected chi connectivity index (χ3v) is 4.36. The van der Waals surface area contributed by atoms with Crippen LogP contribution >= 0.6 is 0 Å². The van der Waals surface area contributed by atoms with Gasteiger partial charge in [-0.1, -0.05) is 30.3 Å². The Labute approximate surface area is 135 Å². The molecule has 0 atom stereocenters. The first-order valence-corrected chi connectivity index (χ1v) is 7.96. The number of allylic oxidation sites excluding steroid dienone is 1. The average Bonchev–Trinajstić information content (AvgIpc) is 3.22. The van der Waals surface area contributed by atoms with Gasteiger partial charge in [0.15, 0.2) is 0 Å². The molecule has 0 aliphatic carbocycles. The fraction of sp³-hybridized carbons (Fsp3) is 0.211. The Bertz CT molecular complexity index is 812. The van der Waals surface area contributed by atoms with Gasteiger partial charge in [0.25, 0.3) is 0 Å².